The van der Waals surface area contributed by atoms with E-state index < -0.39 is 11.7 Å². The van der Waals surface area contributed by atoms with Crippen molar-refractivity contribution >= 4 is 55.6 Å². The van der Waals surface area contributed by atoms with Crippen molar-refractivity contribution in [2.24, 2.45) is 5.10 Å². The number of amides is 2. The summed E-state index contributed by atoms with van der Waals surface area (Å²) in [5.41, 5.74) is 3.14. The molecule has 0 fully saturated rings. The van der Waals surface area contributed by atoms with Crippen molar-refractivity contribution in [3.05, 3.63) is 56.7 Å². The second-order valence-electron chi connectivity index (χ2n) is 5.17. The van der Waals surface area contributed by atoms with Crippen LogP contribution in [0.4, 0.5) is 10.1 Å². The quantitative estimate of drug-likeness (QED) is 0.427. The number of anilines is 1. The number of phenolic OH excluding ortho intramolecular Hbond substituents is 1. The molecule has 0 aliphatic rings. The molecule has 0 aromatic heterocycles. The summed E-state index contributed by atoms with van der Waals surface area (Å²) >= 11 is 6.48. The number of rotatable bonds is 6. The summed E-state index contributed by atoms with van der Waals surface area (Å²) in [7, 11) is 0. The Hall–Kier alpha value is -2.26. The number of carbonyl (C=O) groups is 2. The van der Waals surface area contributed by atoms with Crippen LogP contribution in [0.5, 0.6) is 5.75 Å². The van der Waals surface area contributed by atoms with Gasteiger partial charge in [0.2, 0.25) is 11.8 Å². The molecule has 3 N–H and O–H groups in total. The number of aromatic hydroxyl groups is 1. The molecule has 0 unspecified atom stereocenters. The number of halogens is 3. The van der Waals surface area contributed by atoms with E-state index in [4.69, 9.17) is 0 Å². The van der Waals surface area contributed by atoms with Gasteiger partial charge in [-0.1, -0.05) is 15.9 Å². The molecule has 0 spiro atoms. The zero-order valence-corrected chi connectivity index (χ0v) is 16.5. The van der Waals surface area contributed by atoms with Crippen LogP contribution in [0.2, 0.25) is 0 Å². The standard InChI is InChI=1S/C17H14Br2FN3O3/c18-11-7-10(17(26)14(19)8-11)9-21-23-16(25)6-5-15(24)22-13-3-1-12(20)2-4-13/h1-4,7-9,26H,5-6H2,(H,22,24)(H,23,25)/b21-9-. The lowest BCUT2D eigenvalue weighted by Crippen LogP contribution is -2.20. The molecule has 0 atom stereocenters. The fourth-order valence-electron chi connectivity index (χ4n) is 1.90. The largest absolute Gasteiger partial charge is 0.506 e. The maximum Gasteiger partial charge on any atom is 0.240 e. The Morgan fingerprint density at radius 3 is 2.46 bits per heavy atom. The summed E-state index contributed by atoms with van der Waals surface area (Å²) in [6.07, 6.45) is 1.17. The van der Waals surface area contributed by atoms with Crippen LogP contribution in [0.25, 0.3) is 0 Å². The lowest BCUT2D eigenvalue weighted by Gasteiger charge is -2.05. The summed E-state index contributed by atoms with van der Waals surface area (Å²) < 4.78 is 14.0. The number of benzene rings is 2. The lowest BCUT2D eigenvalue weighted by atomic mass is 10.2. The van der Waals surface area contributed by atoms with Gasteiger partial charge in [-0.2, -0.15) is 5.10 Å². The van der Waals surface area contributed by atoms with Gasteiger partial charge >= 0.3 is 0 Å². The van der Waals surface area contributed by atoms with E-state index in [0.29, 0.717) is 15.7 Å². The third-order valence-electron chi connectivity index (χ3n) is 3.16. The van der Waals surface area contributed by atoms with E-state index in [1.807, 2.05) is 0 Å². The zero-order valence-electron chi connectivity index (χ0n) is 13.3. The molecule has 0 aliphatic heterocycles. The van der Waals surface area contributed by atoms with E-state index in [-0.39, 0.29) is 24.5 Å². The monoisotopic (exact) mass is 485 g/mol. The van der Waals surface area contributed by atoms with E-state index in [0.717, 1.165) is 4.47 Å². The highest BCUT2D eigenvalue weighted by Gasteiger charge is 2.08. The minimum atomic E-state index is -0.455. The Labute approximate surface area is 165 Å². The first kappa shape index (κ1) is 20.1. The van der Waals surface area contributed by atoms with Gasteiger partial charge in [0.25, 0.3) is 0 Å². The summed E-state index contributed by atoms with van der Waals surface area (Å²) in [6.45, 7) is 0. The molecular weight excluding hydrogens is 473 g/mol. The Morgan fingerprint density at radius 2 is 1.77 bits per heavy atom. The van der Waals surface area contributed by atoms with Gasteiger partial charge in [0, 0.05) is 28.6 Å². The van der Waals surface area contributed by atoms with E-state index in [2.05, 4.69) is 47.7 Å². The Morgan fingerprint density at radius 1 is 1.12 bits per heavy atom. The van der Waals surface area contributed by atoms with Crippen LogP contribution in [0.15, 0.2) is 50.4 Å². The summed E-state index contributed by atoms with van der Waals surface area (Å²) in [5, 5.41) is 16.2. The van der Waals surface area contributed by atoms with E-state index >= 15 is 0 Å². The van der Waals surface area contributed by atoms with E-state index in [1.165, 1.54) is 30.5 Å². The third kappa shape index (κ3) is 6.23. The van der Waals surface area contributed by atoms with Crippen LogP contribution in [-0.2, 0) is 9.59 Å². The number of phenols is 1. The van der Waals surface area contributed by atoms with E-state index in [9.17, 15) is 19.1 Å². The van der Waals surface area contributed by atoms with Gasteiger partial charge in [0.15, 0.2) is 0 Å². The highest BCUT2D eigenvalue weighted by atomic mass is 79.9. The van der Waals surface area contributed by atoms with Crippen molar-refractivity contribution in [3.8, 4) is 5.75 Å². The summed E-state index contributed by atoms with van der Waals surface area (Å²) in [4.78, 5) is 23.5. The predicted octanol–water partition coefficient (Wildman–Crippen LogP) is 3.93. The van der Waals surface area contributed by atoms with Crippen molar-refractivity contribution in [2.75, 3.05) is 5.32 Å². The van der Waals surface area contributed by atoms with Crippen molar-refractivity contribution in [1.82, 2.24) is 5.43 Å². The van der Waals surface area contributed by atoms with Crippen molar-refractivity contribution in [1.29, 1.82) is 0 Å². The minimum absolute atomic E-state index is 0.00938. The molecule has 0 heterocycles. The van der Waals surface area contributed by atoms with Crippen LogP contribution >= 0.6 is 31.9 Å². The van der Waals surface area contributed by atoms with Crippen LogP contribution in [0.3, 0.4) is 0 Å². The lowest BCUT2D eigenvalue weighted by molar-refractivity contribution is -0.124. The van der Waals surface area contributed by atoms with Crippen molar-refractivity contribution in [2.45, 2.75) is 12.8 Å². The van der Waals surface area contributed by atoms with Crippen LogP contribution < -0.4 is 10.7 Å². The Kier molecular flexibility index (Phi) is 7.28. The van der Waals surface area contributed by atoms with Gasteiger partial charge < -0.3 is 10.4 Å². The first-order chi connectivity index (χ1) is 12.3. The number of nitrogens with one attached hydrogen (secondary N) is 2. The zero-order chi connectivity index (χ0) is 19.1. The molecule has 0 saturated carbocycles. The van der Waals surface area contributed by atoms with E-state index in [1.54, 1.807) is 12.1 Å². The third-order valence-corrected chi connectivity index (χ3v) is 4.22. The fraction of sp³-hybridized carbons (Fsp3) is 0.118. The van der Waals surface area contributed by atoms with Gasteiger partial charge in [-0.3, -0.25) is 9.59 Å². The number of hydrogen-bond acceptors (Lipinski definition) is 4. The molecule has 0 aliphatic carbocycles. The molecule has 0 radical (unpaired) electrons. The van der Waals surface area contributed by atoms with Crippen molar-refractivity contribution in [3.63, 3.8) is 0 Å². The molecule has 2 rings (SSSR count). The number of carbonyl (C=O) groups excluding carboxylic acids is 2. The average molecular weight is 487 g/mol. The van der Waals surface area contributed by atoms with Crippen molar-refractivity contribution < 1.29 is 19.1 Å². The highest BCUT2D eigenvalue weighted by Crippen LogP contribution is 2.30. The second-order valence-corrected chi connectivity index (χ2v) is 6.94. The normalized spacial score (nSPS) is 10.7. The van der Waals surface area contributed by atoms with Gasteiger partial charge in [-0.25, -0.2) is 9.82 Å². The molecule has 2 aromatic rings. The molecule has 0 bridgehead atoms. The van der Waals surface area contributed by atoms with Crippen LogP contribution in [0, 0.1) is 5.82 Å². The summed E-state index contributed by atoms with van der Waals surface area (Å²) in [6, 6.07) is 8.62. The molecule has 9 heteroatoms. The number of nitrogens with zero attached hydrogens (tertiary/aromatic N) is 1. The fourth-order valence-corrected chi connectivity index (χ4v) is 3.16. The molecule has 136 valence electrons. The molecule has 0 saturated heterocycles. The number of hydrazone groups is 1. The SMILES string of the molecule is O=C(CCC(=O)Nc1ccc(F)cc1)N/N=C\c1cc(Br)cc(Br)c1O. The van der Waals surface area contributed by atoms with Gasteiger partial charge in [0.05, 0.1) is 10.7 Å². The molecule has 6 nitrogen and oxygen atoms in total. The molecular formula is C17H14Br2FN3O3. The predicted molar refractivity (Wildman–Crippen MR) is 104 cm³/mol. The highest BCUT2D eigenvalue weighted by molar-refractivity contribution is 9.11. The Bertz CT molecular complexity index is 842. The smallest absolute Gasteiger partial charge is 0.240 e. The van der Waals surface area contributed by atoms with Crippen LogP contribution in [0.1, 0.15) is 18.4 Å². The average Bonchev–Trinajstić information content (AvgIpc) is 2.59. The first-order valence-corrected chi connectivity index (χ1v) is 8.99. The Balaban J connectivity index is 1.80. The molecule has 2 amide bonds. The van der Waals surface area contributed by atoms with Gasteiger partial charge in [-0.05, 0) is 52.3 Å². The van der Waals surface area contributed by atoms with Gasteiger partial charge in [0.1, 0.15) is 11.6 Å². The first-order valence-electron chi connectivity index (χ1n) is 7.40. The minimum Gasteiger partial charge on any atom is -0.506 e. The van der Waals surface area contributed by atoms with Gasteiger partial charge in [-0.15, -0.1) is 0 Å². The topological polar surface area (TPSA) is 90.8 Å². The maximum absolute atomic E-state index is 12.8. The van der Waals surface area contributed by atoms with Crippen LogP contribution in [-0.4, -0.2) is 23.1 Å². The molecule has 2 aromatic carbocycles. The number of hydrogen-bond donors (Lipinski definition) is 3. The second kappa shape index (κ2) is 9.44. The summed E-state index contributed by atoms with van der Waals surface area (Å²) in [5.74, 6) is -1.23. The molecule has 26 heavy (non-hydrogen) atoms. The maximum atomic E-state index is 12.8.